The highest BCUT2D eigenvalue weighted by Gasteiger charge is 2.21. The van der Waals surface area contributed by atoms with Gasteiger partial charge in [-0.3, -0.25) is 9.69 Å². The summed E-state index contributed by atoms with van der Waals surface area (Å²) >= 11 is 0. The quantitative estimate of drug-likeness (QED) is 0.654. The first-order valence-electron chi connectivity index (χ1n) is 10.4. The number of H-pyrrole nitrogens is 1. The van der Waals surface area contributed by atoms with Crippen LogP contribution in [0.3, 0.4) is 0 Å². The summed E-state index contributed by atoms with van der Waals surface area (Å²) in [5.74, 6) is -1.62. The number of hydrogen-bond acceptors (Lipinski definition) is 4. The molecule has 0 atom stereocenters. The van der Waals surface area contributed by atoms with E-state index in [1.165, 1.54) is 6.07 Å². The first-order valence-corrected chi connectivity index (χ1v) is 10.4. The van der Waals surface area contributed by atoms with Gasteiger partial charge in [0.05, 0.1) is 24.4 Å². The summed E-state index contributed by atoms with van der Waals surface area (Å²) in [6.07, 6.45) is 0.503. The molecule has 3 heterocycles. The van der Waals surface area contributed by atoms with Crippen LogP contribution in [0.15, 0.2) is 23.0 Å². The Labute approximate surface area is 179 Å². The monoisotopic (exact) mass is 427 g/mol. The number of nitrogens with zero attached hydrogens (tertiary/aromatic N) is 2. The van der Waals surface area contributed by atoms with Gasteiger partial charge in [-0.2, -0.15) is 0 Å². The molecular weight excluding hydrogens is 401 g/mol. The van der Waals surface area contributed by atoms with E-state index in [2.05, 4.69) is 9.88 Å². The molecule has 1 aliphatic rings. The van der Waals surface area contributed by atoms with Crippen LogP contribution in [-0.2, 0) is 24.8 Å². The van der Waals surface area contributed by atoms with Crippen molar-refractivity contribution in [1.29, 1.82) is 0 Å². The molecule has 3 aromatic rings. The summed E-state index contributed by atoms with van der Waals surface area (Å²) in [5.41, 5.74) is 2.62. The first-order chi connectivity index (χ1) is 14.8. The number of aromatic carboxylic acids is 1. The van der Waals surface area contributed by atoms with E-state index in [1.54, 1.807) is 6.92 Å². The lowest BCUT2D eigenvalue weighted by atomic mass is 9.96. The number of aromatic nitrogens is 2. The smallest absolute Gasteiger partial charge is 0.341 e. The molecule has 164 valence electrons. The van der Waals surface area contributed by atoms with Crippen molar-refractivity contribution < 1.29 is 19.0 Å². The number of morpholine rings is 1. The average molecular weight is 427 g/mol. The molecule has 8 heteroatoms. The Bertz CT molecular complexity index is 1220. The molecule has 0 radical (unpaired) electrons. The number of ether oxygens (including phenoxy) is 1. The maximum Gasteiger partial charge on any atom is 0.341 e. The second kappa shape index (κ2) is 8.28. The lowest BCUT2D eigenvalue weighted by molar-refractivity contribution is 0.0333. The molecule has 7 nitrogen and oxygen atoms in total. The van der Waals surface area contributed by atoms with E-state index in [0.717, 1.165) is 24.2 Å². The number of aryl methyl sites for hydroxylation is 2. The number of pyridine rings is 1. The standard InChI is InChI=1S/C23H26FN3O4/c1-4-14-10-18(23(29)30)22(28)25-20(14)17-11-15-9-16(12-27-5-7-31-8-6-27)26(3)21(15)19(24)13(17)2/h9-11H,4-8,12H2,1-3H3,(H,25,28)(H,29,30). The Morgan fingerprint density at radius 3 is 2.61 bits per heavy atom. The van der Waals surface area contributed by atoms with Crippen LogP contribution in [0.5, 0.6) is 0 Å². The molecule has 1 fully saturated rings. The molecule has 0 aliphatic carbocycles. The van der Waals surface area contributed by atoms with Crippen LogP contribution in [-0.4, -0.2) is 51.8 Å². The van der Waals surface area contributed by atoms with Crippen molar-refractivity contribution in [3.63, 3.8) is 0 Å². The number of carboxylic acid groups (broad SMARTS) is 1. The predicted octanol–water partition coefficient (Wildman–Crippen LogP) is 3.07. The van der Waals surface area contributed by atoms with Crippen LogP contribution in [0.2, 0.25) is 0 Å². The number of hydrogen-bond donors (Lipinski definition) is 2. The van der Waals surface area contributed by atoms with Gasteiger partial charge in [0.1, 0.15) is 5.56 Å². The van der Waals surface area contributed by atoms with E-state index in [0.29, 0.717) is 54.1 Å². The van der Waals surface area contributed by atoms with Gasteiger partial charge in [0.15, 0.2) is 5.82 Å². The van der Waals surface area contributed by atoms with Crippen molar-refractivity contribution in [2.45, 2.75) is 26.8 Å². The third-order valence-electron chi connectivity index (χ3n) is 6.10. The molecule has 2 aromatic heterocycles. The maximum absolute atomic E-state index is 15.5. The van der Waals surface area contributed by atoms with Crippen molar-refractivity contribution in [1.82, 2.24) is 14.5 Å². The Hall–Kier alpha value is -2.97. The highest BCUT2D eigenvalue weighted by Crippen LogP contribution is 2.34. The Balaban J connectivity index is 1.85. The number of nitrogens with one attached hydrogen (secondary N) is 1. The maximum atomic E-state index is 15.5. The van der Waals surface area contributed by atoms with E-state index < -0.39 is 11.5 Å². The summed E-state index contributed by atoms with van der Waals surface area (Å²) in [6.45, 7) is 7.32. The number of carboxylic acids is 1. The van der Waals surface area contributed by atoms with Crippen LogP contribution in [0, 0.1) is 12.7 Å². The van der Waals surface area contributed by atoms with E-state index in [9.17, 15) is 14.7 Å². The zero-order valence-electron chi connectivity index (χ0n) is 17.9. The Morgan fingerprint density at radius 2 is 1.97 bits per heavy atom. The first kappa shape index (κ1) is 21.3. The highest BCUT2D eigenvalue weighted by molar-refractivity contribution is 5.91. The minimum atomic E-state index is -1.28. The van der Waals surface area contributed by atoms with Gasteiger partial charge >= 0.3 is 5.97 Å². The number of rotatable bonds is 5. The van der Waals surface area contributed by atoms with E-state index in [4.69, 9.17) is 4.74 Å². The number of halogens is 1. The van der Waals surface area contributed by atoms with Gasteiger partial charge in [0.2, 0.25) is 0 Å². The van der Waals surface area contributed by atoms with Gasteiger partial charge in [0, 0.05) is 43.3 Å². The fourth-order valence-electron chi connectivity index (χ4n) is 4.28. The van der Waals surface area contributed by atoms with Crippen molar-refractivity contribution in [2.75, 3.05) is 26.3 Å². The van der Waals surface area contributed by atoms with Crippen molar-refractivity contribution >= 4 is 16.9 Å². The fraction of sp³-hybridized carbons (Fsp3) is 0.391. The number of benzene rings is 1. The number of aromatic amines is 1. The molecule has 1 saturated heterocycles. The SMILES string of the molecule is CCc1cc(C(=O)O)c(=O)[nH]c1-c1cc2cc(CN3CCOCC3)n(C)c2c(F)c1C. The molecule has 4 rings (SSSR count). The third kappa shape index (κ3) is 3.77. The molecular formula is C23H26FN3O4. The third-order valence-corrected chi connectivity index (χ3v) is 6.10. The zero-order valence-corrected chi connectivity index (χ0v) is 17.9. The van der Waals surface area contributed by atoms with Crippen LogP contribution in [0.25, 0.3) is 22.2 Å². The van der Waals surface area contributed by atoms with Crippen LogP contribution >= 0.6 is 0 Å². The molecule has 0 unspecified atom stereocenters. The Morgan fingerprint density at radius 1 is 1.26 bits per heavy atom. The molecule has 31 heavy (non-hydrogen) atoms. The molecule has 0 amide bonds. The van der Waals surface area contributed by atoms with Gasteiger partial charge in [0.25, 0.3) is 5.56 Å². The molecule has 1 aromatic carbocycles. The number of carbonyl (C=O) groups is 1. The normalized spacial score (nSPS) is 15.0. The summed E-state index contributed by atoms with van der Waals surface area (Å²) in [6, 6.07) is 5.24. The van der Waals surface area contributed by atoms with E-state index in [1.807, 2.05) is 30.7 Å². The minimum Gasteiger partial charge on any atom is -0.477 e. The summed E-state index contributed by atoms with van der Waals surface area (Å²) in [7, 11) is 1.86. The second-order valence-corrected chi connectivity index (χ2v) is 7.96. The van der Waals surface area contributed by atoms with Crippen LogP contribution in [0.4, 0.5) is 4.39 Å². The predicted molar refractivity (Wildman–Crippen MR) is 116 cm³/mol. The zero-order chi connectivity index (χ0) is 22.3. The molecule has 0 bridgehead atoms. The van der Waals surface area contributed by atoms with E-state index in [-0.39, 0.29) is 11.4 Å². The molecule has 1 aliphatic heterocycles. The summed E-state index contributed by atoms with van der Waals surface area (Å²) in [4.78, 5) is 28.6. The van der Waals surface area contributed by atoms with Gasteiger partial charge in [-0.15, -0.1) is 0 Å². The summed E-state index contributed by atoms with van der Waals surface area (Å²) < 4.78 is 22.8. The van der Waals surface area contributed by atoms with Crippen molar-refractivity contribution in [3.05, 3.63) is 56.8 Å². The lowest BCUT2D eigenvalue weighted by Crippen LogP contribution is -2.36. The van der Waals surface area contributed by atoms with Crippen LogP contribution in [0.1, 0.15) is 34.1 Å². The van der Waals surface area contributed by atoms with Gasteiger partial charge in [-0.1, -0.05) is 6.92 Å². The minimum absolute atomic E-state index is 0.313. The van der Waals surface area contributed by atoms with Crippen molar-refractivity contribution in [2.24, 2.45) is 7.05 Å². The fourth-order valence-corrected chi connectivity index (χ4v) is 4.28. The highest BCUT2D eigenvalue weighted by atomic mass is 19.1. The second-order valence-electron chi connectivity index (χ2n) is 7.96. The molecule has 0 saturated carbocycles. The van der Waals surface area contributed by atoms with Gasteiger partial charge in [-0.25, -0.2) is 9.18 Å². The largest absolute Gasteiger partial charge is 0.477 e. The molecule has 0 spiro atoms. The van der Waals surface area contributed by atoms with Gasteiger partial charge < -0.3 is 19.4 Å². The van der Waals surface area contributed by atoms with Gasteiger partial charge in [-0.05, 0) is 42.7 Å². The van der Waals surface area contributed by atoms with Crippen LogP contribution < -0.4 is 5.56 Å². The van der Waals surface area contributed by atoms with E-state index >= 15 is 4.39 Å². The summed E-state index contributed by atoms with van der Waals surface area (Å²) in [5, 5.41) is 10.0. The average Bonchev–Trinajstić information content (AvgIpc) is 3.06. The topological polar surface area (TPSA) is 87.6 Å². The lowest BCUT2D eigenvalue weighted by Gasteiger charge is -2.26. The molecule has 2 N–H and O–H groups in total. The number of fused-ring (bicyclic) bond motifs is 1. The Kier molecular flexibility index (Phi) is 5.68. The van der Waals surface area contributed by atoms with Crippen molar-refractivity contribution in [3.8, 4) is 11.3 Å².